The molecule has 0 spiro atoms. The molecule has 0 atom stereocenters. The van der Waals surface area contributed by atoms with Crippen LogP contribution in [0, 0.1) is 0 Å². The molecule has 3 aromatic rings. The molecule has 1 N–H and O–H groups in total. The number of anilines is 1. The van der Waals surface area contributed by atoms with Gasteiger partial charge in [0.1, 0.15) is 0 Å². The molecular formula is C17H14BrF2N3O3. The molecule has 0 aliphatic carbocycles. The SMILES string of the molecule is COc1cc(-c2noc(CNc3ccc(Br)cc3)n2)ccc1OC(F)F. The maximum absolute atomic E-state index is 12.4. The zero-order chi connectivity index (χ0) is 18.5. The monoisotopic (exact) mass is 425 g/mol. The van der Waals surface area contributed by atoms with Crippen LogP contribution in [0.3, 0.4) is 0 Å². The normalized spacial score (nSPS) is 10.8. The Labute approximate surface area is 156 Å². The summed E-state index contributed by atoms with van der Waals surface area (Å²) in [6, 6.07) is 12.1. The number of methoxy groups -OCH3 is 1. The van der Waals surface area contributed by atoms with Crippen molar-refractivity contribution in [2.75, 3.05) is 12.4 Å². The predicted octanol–water partition coefficient (Wildman–Crippen LogP) is 4.72. The van der Waals surface area contributed by atoms with Crippen LogP contribution in [0.1, 0.15) is 5.89 Å². The van der Waals surface area contributed by atoms with Gasteiger partial charge < -0.3 is 19.3 Å². The van der Waals surface area contributed by atoms with Crippen molar-refractivity contribution in [2.45, 2.75) is 13.2 Å². The van der Waals surface area contributed by atoms with E-state index in [0.29, 0.717) is 23.8 Å². The Balaban J connectivity index is 1.71. The molecule has 2 aromatic carbocycles. The number of benzene rings is 2. The van der Waals surface area contributed by atoms with Crippen molar-refractivity contribution in [3.05, 3.63) is 52.8 Å². The van der Waals surface area contributed by atoms with E-state index in [0.717, 1.165) is 10.2 Å². The fourth-order valence-corrected chi connectivity index (χ4v) is 2.45. The van der Waals surface area contributed by atoms with Gasteiger partial charge in [0.15, 0.2) is 11.5 Å². The van der Waals surface area contributed by atoms with Crippen molar-refractivity contribution in [1.29, 1.82) is 0 Å². The molecule has 0 aliphatic heterocycles. The number of aromatic nitrogens is 2. The van der Waals surface area contributed by atoms with Crippen LogP contribution >= 0.6 is 15.9 Å². The first-order valence-electron chi connectivity index (χ1n) is 7.50. The van der Waals surface area contributed by atoms with Crippen LogP contribution in [0.25, 0.3) is 11.4 Å². The summed E-state index contributed by atoms with van der Waals surface area (Å²) in [5.41, 5.74) is 1.46. The molecular weight excluding hydrogens is 412 g/mol. The molecule has 0 saturated carbocycles. The fraction of sp³-hybridized carbons (Fsp3) is 0.176. The average molecular weight is 426 g/mol. The highest BCUT2D eigenvalue weighted by Gasteiger charge is 2.14. The zero-order valence-electron chi connectivity index (χ0n) is 13.6. The highest BCUT2D eigenvalue weighted by molar-refractivity contribution is 9.10. The summed E-state index contributed by atoms with van der Waals surface area (Å²) in [7, 11) is 1.36. The molecule has 0 unspecified atom stereocenters. The van der Waals surface area contributed by atoms with E-state index in [1.807, 2.05) is 24.3 Å². The summed E-state index contributed by atoms with van der Waals surface area (Å²) < 4.78 is 40.4. The van der Waals surface area contributed by atoms with Gasteiger partial charge in [0.05, 0.1) is 13.7 Å². The Morgan fingerprint density at radius 2 is 1.92 bits per heavy atom. The number of ether oxygens (including phenoxy) is 2. The minimum absolute atomic E-state index is 0.0631. The summed E-state index contributed by atoms with van der Waals surface area (Å²) in [5.74, 6) is 0.795. The molecule has 1 aromatic heterocycles. The van der Waals surface area contributed by atoms with Crippen molar-refractivity contribution in [3.63, 3.8) is 0 Å². The molecule has 0 saturated heterocycles. The number of nitrogens with zero attached hydrogens (tertiary/aromatic N) is 2. The average Bonchev–Trinajstić information content (AvgIpc) is 3.10. The van der Waals surface area contributed by atoms with Crippen molar-refractivity contribution in [2.24, 2.45) is 0 Å². The van der Waals surface area contributed by atoms with Crippen LogP contribution < -0.4 is 14.8 Å². The molecule has 3 rings (SSSR count). The van der Waals surface area contributed by atoms with Gasteiger partial charge >= 0.3 is 6.61 Å². The summed E-state index contributed by atoms with van der Waals surface area (Å²) in [6.07, 6.45) is 0. The van der Waals surface area contributed by atoms with Gasteiger partial charge in [-0.25, -0.2) is 0 Å². The Bertz CT molecular complexity index is 872. The number of alkyl halides is 2. The van der Waals surface area contributed by atoms with Gasteiger partial charge in [-0.2, -0.15) is 13.8 Å². The maximum atomic E-state index is 12.4. The van der Waals surface area contributed by atoms with Crippen LogP contribution in [0.15, 0.2) is 51.5 Å². The Morgan fingerprint density at radius 1 is 1.15 bits per heavy atom. The molecule has 9 heteroatoms. The van der Waals surface area contributed by atoms with E-state index in [4.69, 9.17) is 9.26 Å². The summed E-state index contributed by atoms with van der Waals surface area (Å²) >= 11 is 3.37. The molecule has 0 bridgehead atoms. The molecule has 0 aliphatic rings. The lowest BCUT2D eigenvalue weighted by atomic mass is 10.2. The minimum Gasteiger partial charge on any atom is -0.493 e. The molecule has 26 heavy (non-hydrogen) atoms. The van der Waals surface area contributed by atoms with Crippen molar-refractivity contribution >= 4 is 21.6 Å². The van der Waals surface area contributed by atoms with Gasteiger partial charge in [-0.3, -0.25) is 0 Å². The number of halogens is 3. The second kappa shape index (κ2) is 8.13. The number of rotatable bonds is 7. The first kappa shape index (κ1) is 18.1. The highest BCUT2D eigenvalue weighted by atomic mass is 79.9. The molecule has 6 nitrogen and oxygen atoms in total. The van der Waals surface area contributed by atoms with Crippen LogP contribution in [0.5, 0.6) is 11.5 Å². The van der Waals surface area contributed by atoms with E-state index in [1.54, 1.807) is 6.07 Å². The second-order valence-electron chi connectivity index (χ2n) is 5.12. The Morgan fingerprint density at radius 3 is 2.62 bits per heavy atom. The largest absolute Gasteiger partial charge is 0.493 e. The Kier molecular flexibility index (Phi) is 5.67. The fourth-order valence-electron chi connectivity index (χ4n) is 2.19. The lowest BCUT2D eigenvalue weighted by Crippen LogP contribution is -2.03. The quantitative estimate of drug-likeness (QED) is 0.590. The van der Waals surface area contributed by atoms with Gasteiger partial charge in [-0.1, -0.05) is 21.1 Å². The number of hydrogen-bond acceptors (Lipinski definition) is 6. The minimum atomic E-state index is -2.93. The van der Waals surface area contributed by atoms with Crippen LogP contribution in [0.2, 0.25) is 0 Å². The molecule has 0 radical (unpaired) electrons. The predicted molar refractivity (Wildman–Crippen MR) is 94.4 cm³/mol. The second-order valence-corrected chi connectivity index (χ2v) is 6.03. The van der Waals surface area contributed by atoms with E-state index < -0.39 is 6.61 Å². The number of hydrogen-bond donors (Lipinski definition) is 1. The lowest BCUT2D eigenvalue weighted by Gasteiger charge is -2.10. The van der Waals surface area contributed by atoms with E-state index in [-0.39, 0.29) is 11.5 Å². The third-order valence-corrected chi connectivity index (χ3v) is 3.92. The molecule has 0 fully saturated rings. The van der Waals surface area contributed by atoms with E-state index >= 15 is 0 Å². The zero-order valence-corrected chi connectivity index (χ0v) is 15.2. The standard InChI is InChI=1S/C17H14BrF2N3O3/c1-24-14-8-10(2-7-13(14)25-17(19)20)16-22-15(26-23-16)9-21-12-5-3-11(18)4-6-12/h2-8,17,21H,9H2,1H3. The summed E-state index contributed by atoms with van der Waals surface area (Å²) in [5, 5.41) is 7.06. The van der Waals surface area contributed by atoms with Crippen molar-refractivity contribution in [1.82, 2.24) is 10.1 Å². The third-order valence-electron chi connectivity index (χ3n) is 3.39. The van der Waals surface area contributed by atoms with Gasteiger partial charge in [0.2, 0.25) is 11.7 Å². The smallest absolute Gasteiger partial charge is 0.387 e. The van der Waals surface area contributed by atoms with Gasteiger partial charge in [-0.05, 0) is 42.5 Å². The van der Waals surface area contributed by atoms with Crippen LogP contribution in [0.4, 0.5) is 14.5 Å². The maximum Gasteiger partial charge on any atom is 0.387 e. The van der Waals surface area contributed by atoms with Crippen molar-refractivity contribution in [3.8, 4) is 22.9 Å². The first-order valence-corrected chi connectivity index (χ1v) is 8.29. The first-order chi connectivity index (χ1) is 12.5. The summed E-state index contributed by atoms with van der Waals surface area (Å²) in [4.78, 5) is 4.29. The van der Waals surface area contributed by atoms with Gasteiger partial charge in [0.25, 0.3) is 0 Å². The molecule has 0 amide bonds. The van der Waals surface area contributed by atoms with Gasteiger partial charge in [-0.15, -0.1) is 0 Å². The van der Waals surface area contributed by atoms with E-state index in [9.17, 15) is 8.78 Å². The molecule has 1 heterocycles. The van der Waals surface area contributed by atoms with Crippen molar-refractivity contribution < 1.29 is 22.8 Å². The van der Waals surface area contributed by atoms with E-state index in [1.165, 1.54) is 19.2 Å². The van der Waals surface area contributed by atoms with Gasteiger partial charge in [0, 0.05) is 15.7 Å². The Hall–Kier alpha value is -2.68. The topological polar surface area (TPSA) is 69.4 Å². The summed E-state index contributed by atoms with van der Waals surface area (Å²) in [6.45, 7) is -2.59. The molecule has 136 valence electrons. The third kappa shape index (κ3) is 4.48. The van der Waals surface area contributed by atoms with Crippen LogP contribution in [-0.2, 0) is 6.54 Å². The lowest BCUT2D eigenvalue weighted by molar-refractivity contribution is -0.0512. The highest BCUT2D eigenvalue weighted by Crippen LogP contribution is 2.32. The number of nitrogens with one attached hydrogen (secondary N) is 1. The van der Waals surface area contributed by atoms with Crippen LogP contribution in [-0.4, -0.2) is 23.9 Å². The van der Waals surface area contributed by atoms with E-state index in [2.05, 4.69) is 36.1 Å².